The van der Waals surface area contributed by atoms with Gasteiger partial charge in [0.2, 0.25) is 11.8 Å². The molecule has 1 aromatic carbocycles. The highest BCUT2D eigenvalue weighted by molar-refractivity contribution is 14.1. The Morgan fingerprint density at radius 3 is 2.16 bits per heavy atom. The SMILES string of the molecule is CC(NC(=O)C(C)(C)C)C(=O)Nc1ccc(I)cc1. The van der Waals surface area contributed by atoms with Crippen LogP contribution in [0.15, 0.2) is 24.3 Å². The number of halogens is 1. The minimum atomic E-state index is -0.564. The fourth-order valence-electron chi connectivity index (χ4n) is 1.26. The molecule has 1 rings (SSSR count). The molecule has 0 bridgehead atoms. The molecule has 1 aromatic rings. The highest BCUT2D eigenvalue weighted by atomic mass is 127. The molecule has 0 saturated heterocycles. The average molecular weight is 374 g/mol. The monoisotopic (exact) mass is 374 g/mol. The molecule has 2 N–H and O–H groups in total. The Morgan fingerprint density at radius 2 is 1.68 bits per heavy atom. The van der Waals surface area contributed by atoms with E-state index in [2.05, 4.69) is 33.2 Å². The molecule has 19 heavy (non-hydrogen) atoms. The predicted octanol–water partition coefficient (Wildman–Crippen LogP) is 2.78. The minimum Gasteiger partial charge on any atom is -0.344 e. The molecule has 1 atom stereocenters. The highest BCUT2D eigenvalue weighted by Crippen LogP contribution is 2.14. The van der Waals surface area contributed by atoms with E-state index >= 15 is 0 Å². The predicted molar refractivity (Wildman–Crippen MR) is 84.8 cm³/mol. The van der Waals surface area contributed by atoms with Crippen LogP contribution in [0.2, 0.25) is 0 Å². The number of carbonyl (C=O) groups excluding carboxylic acids is 2. The summed E-state index contributed by atoms with van der Waals surface area (Å²) in [6.07, 6.45) is 0. The normalized spacial score (nSPS) is 12.7. The van der Waals surface area contributed by atoms with Gasteiger partial charge in [-0.25, -0.2) is 0 Å². The number of benzene rings is 1. The van der Waals surface area contributed by atoms with Gasteiger partial charge >= 0.3 is 0 Å². The molecular formula is C14H19IN2O2. The molecule has 0 radical (unpaired) electrons. The van der Waals surface area contributed by atoms with Crippen molar-refractivity contribution >= 4 is 40.1 Å². The van der Waals surface area contributed by atoms with Crippen LogP contribution in [0.4, 0.5) is 5.69 Å². The van der Waals surface area contributed by atoms with Gasteiger partial charge in [0.25, 0.3) is 0 Å². The third kappa shape index (κ3) is 5.18. The first-order valence-corrected chi connectivity index (χ1v) is 7.15. The molecule has 5 heteroatoms. The van der Waals surface area contributed by atoms with E-state index in [1.165, 1.54) is 0 Å². The van der Waals surface area contributed by atoms with E-state index in [0.717, 1.165) is 9.26 Å². The summed E-state index contributed by atoms with van der Waals surface area (Å²) in [6.45, 7) is 7.11. The average Bonchev–Trinajstić information content (AvgIpc) is 2.30. The maximum absolute atomic E-state index is 11.9. The lowest BCUT2D eigenvalue weighted by molar-refractivity contribution is -0.131. The number of amides is 2. The summed E-state index contributed by atoms with van der Waals surface area (Å²) in [5, 5.41) is 5.47. The van der Waals surface area contributed by atoms with Crippen LogP contribution in [0.5, 0.6) is 0 Å². The van der Waals surface area contributed by atoms with Gasteiger partial charge in [-0.15, -0.1) is 0 Å². The van der Waals surface area contributed by atoms with E-state index < -0.39 is 11.5 Å². The molecule has 0 aliphatic carbocycles. The molecular weight excluding hydrogens is 355 g/mol. The van der Waals surface area contributed by atoms with Crippen molar-refractivity contribution in [2.45, 2.75) is 33.7 Å². The van der Waals surface area contributed by atoms with Gasteiger partial charge in [-0.05, 0) is 53.8 Å². The number of carbonyl (C=O) groups is 2. The van der Waals surface area contributed by atoms with Gasteiger partial charge in [0.1, 0.15) is 6.04 Å². The van der Waals surface area contributed by atoms with Gasteiger partial charge in [0, 0.05) is 14.7 Å². The number of rotatable bonds is 3. The molecule has 0 aliphatic rings. The summed E-state index contributed by atoms with van der Waals surface area (Å²) in [5.74, 6) is -0.364. The Bertz CT molecular complexity index is 463. The summed E-state index contributed by atoms with van der Waals surface area (Å²) >= 11 is 2.20. The van der Waals surface area contributed by atoms with E-state index in [1.807, 2.05) is 45.0 Å². The summed E-state index contributed by atoms with van der Waals surface area (Å²) in [6, 6.07) is 6.92. The van der Waals surface area contributed by atoms with Crippen molar-refractivity contribution < 1.29 is 9.59 Å². The van der Waals surface area contributed by atoms with Gasteiger partial charge < -0.3 is 10.6 Å². The largest absolute Gasteiger partial charge is 0.344 e. The van der Waals surface area contributed by atoms with Crippen molar-refractivity contribution in [3.8, 4) is 0 Å². The molecule has 0 fully saturated rings. The first-order chi connectivity index (χ1) is 8.70. The van der Waals surface area contributed by atoms with E-state index in [9.17, 15) is 9.59 Å². The molecule has 0 aromatic heterocycles. The Labute approximate surface area is 127 Å². The van der Waals surface area contributed by atoms with Crippen LogP contribution >= 0.6 is 22.6 Å². The second-order valence-electron chi connectivity index (χ2n) is 5.44. The molecule has 0 aliphatic heterocycles. The van der Waals surface area contributed by atoms with Crippen LogP contribution < -0.4 is 10.6 Å². The smallest absolute Gasteiger partial charge is 0.246 e. The zero-order chi connectivity index (χ0) is 14.6. The number of anilines is 1. The zero-order valence-corrected chi connectivity index (χ0v) is 13.7. The Balaban J connectivity index is 2.58. The van der Waals surface area contributed by atoms with Crippen molar-refractivity contribution in [2.24, 2.45) is 5.41 Å². The zero-order valence-electron chi connectivity index (χ0n) is 11.6. The van der Waals surface area contributed by atoms with Crippen LogP contribution in [0.1, 0.15) is 27.7 Å². The van der Waals surface area contributed by atoms with Crippen LogP contribution in [-0.4, -0.2) is 17.9 Å². The maximum Gasteiger partial charge on any atom is 0.246 e. The molecule has 0 spiro atoms. The van der Waals surface area contributed by atoms with E-state index in [0.29, 0.717) is 0 Å². The second kappa shape index (κ2) is 6.36. The van der Waals surface area contributed by atoms with Gasteiger partial charge in [-0.1, -0.05) is 20.8 Å². The molecule has 4 nitrogen and oxygen atoms in total. The topological polar surface area (TPSA) is 58.2 Å². The summed E-state index contributed by atoms with van der Waals surface area (Å²) in [7, 11) is 0. The molecule has 0 saturated carbocycles. The Kier molecular flexibility index (Phi) is 5.34. The Hall–Kier alpha value is -1.11. The van der Waals surface area contributed by atoms with Crippen LogP contribution in [0.3, 0.4) is 0 Å². The first-order valence-electron chi connectivity index (χ1n) is 6.07. The standard InChI is InChI=1S/C14H19IN2O2/c1-9(16-13(19)14(2,3)4)12(18)17-11-7-5-10(15)6-8-11/h5-9H,1-4H3,(H,16,19)(H,17,18). The van der Waals surface area contributed by atoms with E-state index in [-0.39, 0.29) is 11.8 Å². The number of hydrogen-bond acceptors (Lipinski definition) is 2. The third-order valence-electron chi connectivity index (χ3n) is 2.53. The summed E-state index contributed by atoms with van der Waals surface area (Å²) in [5.41, 5.74) is 0.222. The van der Waals surface area contributed by atoms with Crippen LogP contribution in [0.25, 0.3) is 0 Å². The van der Waals surface area contributed by atoms with Gasteiger partial charge in [0.05, 0.1) is 0 Å². The highest BCUT2D eigenvalue weighted by Gasteiger charge is 2.24. The number of nitrogens with one attached hydrogen (secondary N) is 2. The minimum absolute atomic E-state index is 0.141. The molecule has 104 valence electrons. The van der Waals surface area contributed by atoms with Crippen molar-refractivity contribution in [2.75, 3.05) is 5.32 Å². The van der Waals surface area contributed by atoms with Gasteiger partial charge in [-0.2, -0.15) is 0 Å². The molecule has 2 amide bonds. The van der Waals surface area contributed by atoms with Crippen molar-refractivity contribution in [3.05, 3.63) is 27.8 Å². The number of hydrogen-bond donors (Lipinski definition) is 2. The lowest BCUT2D eigenvalue weighted by atomic mass is 9.95. The van der Waals surface area contributed by atoms with Crippen LogP contribution in [-0.2, 0) is 9.59 Å². The van der Waals surface area contributed by atoms with Crippen molar-refractivity contribution in [1.82, 2.24) is 5.32 Å². The first kappa shape index (κ1) is 15.9. The molecule has 1 unspecified atom stereocenters. The fraction of sp³-hybridized carbons (Fsp3) is 0.429. The lowest BCUT2D eigenvalue weighted by Crippen LogP contribution is -2.46. The third-order valence-corrected chi connectivity index (χ3v) is 3.25. The second-order valence-corrected chi connectivity index (χ2v) is 6.69. The lowest BCUT2D eigenvalue weighted by Gasteiger charge is -2.21. The Morgan fingerprint density at radius 1 is 1.16 bits per heavy atom. The van der Waals surface area contributed by atoms with E-state index in [1.54, 1.807) is 6.92 Å². The van der Waals surface area contributed by atoms with Crippen molar-refractivity contribution in [1.29, 1.82) is 0 Å². The summed E-state index contributed by atoms with van der Waals surface area (Å²) in [4.78, 5) is 23.7. The fourth-order valence-corrected chi connectivity index (χ4v) is 1.62. The van der Waals surface area contributed by atoms with Crippen LogP contribution in [0, 0.1) is 8.99 Å². The summed E-state index contributed by atoms with van der Waals surface area (Å²) < 4.78 is 1.10. The van der Waals surface area contributed by atoms with E-state index in [4.69, 9.17) is 0 Å². The molecule has 0 heterocycles. The van der Waals surface area contributed by atoms with Gasteiger partial charge in [-0.3, -0.25) is 9.59 Å². The maximum atomic E-state index is 11.9. The van der Waals surface area contributed by atoms with Gasteiger partial charge in [0.15, 0.2) is 0 Å². The van der Waals surface area contributed by atoms with Crippen molar-refractivity contribution in [3.63, 3.8) is 0 Å². The quantitative estimate of drug-likeness (QED) is 0.800.